The van der Waals surface area contributed by atoms with Crippen LogP contribution in [0.4, 0.5) is 34.9 Å². The van der Waals surface area contributed by atoms with Crippen LogP contribution < -0.4 is 31.2 Å². The lowest BCUT2D eigenvalue weighted by atomic mass is 9.94. The average Bonchev–Trinajstić information content (AvgIpc) is 3.42. The van der Waals surface area contributed by atoms with Crippen molar-refractivity contribution in [1.82, 2.24) is 15.3 Å². The molecular formula is C44H42ClF4N7O8. The van der Waals surface area contributed by atoms with Crippen LogP contribution >= 0.6 is 11.6 Å². The highest BCUT2D eigenvalue weighted by molar-refractivity contribution is 6.31. The fourth-order valence-electron chi connectivity index (χ4n) is 6.44. The molecule has 1 aliphatic rings. The zero-order valence-corrected chi connectivity index (χ0v) is 35.3. The van der Waals surface area contributed by atoms with Gasteiger partial charge in [0.2, 0.25) is 11.9 Å². The van der Waals surface area contributed by atoms with E-state index >= 15 is 4.39 Å². The summed E-state index contributed by atoms with van der Waals surface area (Å²) in [7, 11) is 4.26. The standard InChI is InChI=1S/C42H41ClFN7O6.C2HF3O2/c1-55-34-9-4-8-33(44)37(34)39-32-20-26(43)11-14-30(32)38-25(22-47-39)23-48-42(51-38)50-28-13-16-31(35(21-28)56-2)40(53)46-18-6-10-36(52)49-27-12-15-29(41(54)57-3)24(19-27)7-5-17-45;3-2(4,5)1(6)7/h4,8-9,11-16,19-21,23H,5-7,10,17-18,22,45H2,1-3H3,(H,46,53)(H,49,52)(H,48,50,51);(H,6,7). The summed E-state index contributed by atoms with van der Waals surface area (Å²) in [5, 5.41) is 16.4. The van der Waals surface area contributed by atoms with Crippen molar-refractivity contribution in [2.75, 3.05) is 45.1 Å². The monoisotopic (exact) mass is 907 g/mol. The minimum Gasteiger partial charge on any atom is -0.496 e. The number of hydrogen-bond donors (Lipinski definition) is 5. The number of benzene rings is 4. The van der Waals surface area contributed by atoms with Crippen LogP contribution in [0.15, 0.2) is 84.0 Å². The third-order valence-corrected chi connectivity index (χ3v) is 9.69. The van der Waals surface area contributed by atoms with Crippen molar-refractivity contribution in [2.45, 2.75) is 38.4 Å². The molecule has 0 fully saturated rings. The number of carboxylic acid groups (broad SMARTS) is 1. The van der Waals surface area contributed by atoms with Crippen molar-refractivity contribution in [3.05, 3.63) is 123 Å². The molecule has 6 N–H and O–H groups in total. The number of aliphatic carboxylic acids is 1. The van der Waals surface area contributed by atoms with E-state index < -0.39 is 23.9 Å². The molecule has 0 atom stereocenters. The summed E-state index contributed by atoms with van der Waals surface area (Å²) in [6.45, 7) is 0.880. The summed E-state index contributed by atoms with van der Waals surface area (Å²) in [6, 6.07) is 19.9. The van der Waals surface area contributed by atoms with Crippen LogP contribution in [0.3, 0.4) is 0 Å². The third kappa shape index (κ3) is 12.1. The normalized spacial score (nSPS) is 11.6. The van der Waals surface area contributed by atoms with Gasteiger partial charge in [0.15, 0.2) is 0 Å². The average molecular weight is 908 g/mol. The Bertz CT molecular complexity index is 2570. The number of carboxylic acids is 1. The summed E-state index contributed by atoms with van der Waals surface area (Å²) in [5.74, 6) is -3.39. The number of aryl methyl sites for hydroxylation is 1. The number of nitrogens with two attached hydrogens (primary N) is 1. The minimum absolute atomic E-state index is 0.153. The number of aliphatic imine (C=N–C) groups is 1. The quantitative estimate of drug-likeness (QED) is 0.0392. The number of anilines is 3. The Labute approximate surface area is 369 Å². The molecule has 0 saturated carbocycles. The maximum absolute atomic E-state index is 15.3. The first kappa shape index (κ1) is 47.9. The zero-order valence-electron chi connectivity index (χ0n) is 34.6. The van der Waals surface area contributed by atoms with Crippen LogP contribution in [-0.2, 0) is 27.3 Å². The number of methoxy groups -OCH3 is 3. The molecule has 2 heterocycles. The van der Waals surface area contributed by atoms with Gasteiger partial charge in [-0.2, -0.15) is 13.2 Å². The second-order valence-corrected chi connectivity index (χ2v) is 14.2. The number of esters is 1. The summed E-state index contributed by atoms with van der Waals surface area (Å²) in [5.41, 5.74) is 11.4. The highest BCUT2D eigenvalue weighted by atomic mass is 35.5. The van der Waals surface area contributed by atoms with Crippen LogP contribution in [0.5, 0.6) is 11.5 Å². The number of carbonyl (C=O) groups excluding carboxylic acids is 3. The van der Waals surface area contributed by atoms with Crippen molar-refractivity contribution >= 4 is 58.4 Å². The van der Waals surface area contributed by atoms with Gasteiger partial charge < -0.3 is 41.0 Å². The number of nitrogens with one attached hydrogen (secondary N) is 3. The highest BCUT2D eigenvalue weighted by Gasteiger charge is 2.38. The molecule has 6 rings (SSSR count). The topological polar surface area (TPSA) is 216 Å². The fraction of sp³-hybridized carbons (Fsp3) is 0.250. The van der Waals surface area contributed by atoms with E-state index in [1.165, 1.54) is 27.4 Å². The van der Waals surface area contributed by atoms with Gasteiger partial charge in [0.1, 0.15) is 17.3 Å². The Hall–Kier alpha value is -7.12. The van der Waals surface area contributed by atoms with Gasteiger partial charge in [0.25, 0.3) is 5.91 Å². The minimum atomic E-state index is -5.08. The van der Waals surface area contributed by atoms with E-state index in [9.17, 15) is 27.6 Å². The molecule has 0 unspecified atom stereocenters. The molecule has 2 amide bonds. The maximum atomic E-state index is 15.3. The zero-order chi connectivity index (χ0) is 46.6. The number of aromatic nitrogens is 2. The third-order valence-electron chi connectivity index (χ3n) is 9.45. The molecule has 0 saturated heterocycles. The molecule has 0 bridgehead atoms. The summed E-state index contributed by atoms with van der Waals surface area (Å²) in [6.07, 6.45) is -1.65. The number of ether oxygens (including phenoxy) is 3. The molecule has 64 heavy (non-hydrogen) atoms. The van der Waals surface area contributed by atoms with Gasteiger partial charge in [-0.05, 0) is 86.0 Å². The molecule has 0 radical (unpaired) electrons. The Morgan fingerprint density at radius 3 is 2.30 bits per heavy atom. The Morgan fingerprint density at radius 1 is 0.891 bits per heavy atom. The SMILES string of the molecule is COC(=O)c1ccc(NC(=O)CCCNC(=O)c2ccc(Nc3ncc4c(n3)-c3ccc(Cl)cc3C(c3c(F)cccc3OC)=NC4)cc2OC)cc1CCCN.O=C(O)C(F)(F)F. The number of amides is 2. The van der Waals surface area contributed by atoms with Gasteiger partial charge >= 0.3 is 18.1 Å². The predicted molar refractivity (Wildman–Crippen MR) is 230 cm³/mol. The first-order valence-electron chi connectivity index (χ1n) is 19.4. The molecule has 5 aromatic rings. The van der Waals surface area contributed by atoms with Crippen molar-refractivity contribution in [3.63, 3.8) is 0 Å². The number of fused-ring (bicyclic) bond motifs is 3. The van der Waals surface area contributed by atoms with Crippen LogP contribution in [-0.4, -0.2) is 85.1 Å². The lowest BCUT2D eigenvalue weighted by Gasteiger charge is -2.15. The predicted octanol–water partition coefficient (Wildman–Crippen LogP) is 7.51. The van der Waals surface area contributed by atoms with E-state index in [4.69, 9.17) is 51.4 Å². The van der Waals surface area contributed by atoms with Gasteiger partial charge in [-0.3, -0.25) is 14.6 Å². The molecule has 4 aromatic carbocycles. The van der Waals surface area contributed by atoms with Crippen molar-refractivity contribution in [3.8, 4) is 22.8 Å². The smallest absolute Gasteiger partial charge is 0.490 e. The van der Waals surface area contributed by atoms with E-state index in [-0.39, 0.29) is 42.8 Å². The number of rotatable bonds is 15. The van der Waals surface area contributed by atoms with Crippen molar-refractivity contribution in [1.29, 1.82) is 0 Å². The first-order valence-corrected chi connectivity index (χ1v) is 19.7. The van der Waals surface area contributed by atoms with E-state index in [0.29, 0.717) is 87.4 Å². The van der Waals surface area contributed by atoms with E-state index in [1.54, 1.807) is 66.9 Å². The van der Waals surface area contributed by atoms with E-state index in [0.717, 1.165) is 11.1 Å². The lowest BCUT2D eigenvalue weighted by molar-refractivity contribution is -0.192. The Morgan fingerprint density at radius 2 is 1.61 bits per heavy atom. The largest absolute Gasteiger partial charge is 0.496 e. The Balaban J connectivity index is 0.00000102. The summed E-state index contributed by atoms with van der Waals surface area (Å²) >= 11 is 6.44. The molecular weight excluding hydrogens is 866 g/mol. The number of halogens is 5. The van der Waals surface area contributed by atoms with Gasteiger partial charge in [-0.15, -0.1) is 0 Å². The molecule has 1 aliphatic heterocycles. The van der Waals surface area contributed by atoms with Crippen LogP contribution in [0.2, 0.25) is 5.02 Å². The van der Waals surface area contributed by atoms with Gasteiger partial charge in [0, 0.05) is 58.3 Å². The van der Waals surface area contributed by atoms with E-state index in [2.05, 4.69) is 20.9 Å². The molecule has 15 nitrogen and oxygen atoms in total. The lowest BCUT2D eigenvalue weighted by Crippen LogP contribution is -2.26. The molecule has 0 aliphatic carbocycles. The van der Waals surface area contributed by atoms with E-state index in [1.807, 2.05) is 6.07 Å². The molecule has 336 valence electrons. The maximum Gasteiger partial charge on any atom is 0.490 e. The second kappa shape index (κ2) is 21.8. The summed E-state index contributed by atoms with van der Waals surface area (Å²) < 4.78 is 62.9. The van der Waals surface area contributed by atoms with Crippen molar-refractivity contribution in [2.24, 2.45) is 10.7 Å². The Kier molecular flexibility index (Phi) is 16.3. The second-order valence-electron chi connectivity index (χ2n) is 13.7. The first-order chi connectivity index (χ1) is 30.6. The number of alkyl halides is 3. The fourth-order valence-corrected chi connectivity index (χ4v) is 6.61. The molecule has 1 aromatic heterocycles. The molecule has 20 heteroatoms. The number of hydrogen-bond acceptors (Lipinski definition) is 12. The van der Waals surface area contributed by atoms with Crippen LogP contribution in [0.25, 0.3) is 11.3 Å². The number of nitrogens with zero attached hydrogens (tertiary/aromatic N) is 3. The van der Waals surface area contributed by atoms with Crippen LogP contribution in [0.1, 0.15) is 62.2 Å². The number of carbonyl (C=O) groups is 4. The van der Waals surface area contributed by atoms with Crippen LogP contribution in [0, 0.1) is 5.82 Å². The van der Waals surface area contributed by atoms with Gasteiger partial charge in [0.05, 0.1) is 56.0 Å². The van der Waals surface area contributed by atoms with Gasteiger partial charge in [-0.25, -0.2) is 23.9 Å². The highest BCUT2D eigenvalue weighted by Crippen LogP contribution is 2.36. The summed E-state index contributed by atoms with van der Waals surface area (Å²) in [4.78, 5) is 61.0. The van der Waals surface area contributed by atoms with Crippen molar-refractivity contribution < 1.29 is 56.1 Å². The van der Waals surface area contributed by atoms with Gasteiger partial charge in [-0.1, -0.05) is 23.7 Å². The molecule has 0 spiro atoms.